The summed E-state index contributed by atoms with van der Waals surface area (Å²) in [7, 11) is 0. The summed E-state index contributed by atoms with van der Waals surface area (Å²) in [5, 5.41) is 19.1. The lowest BCUT2D eigenvalue weighted by Crippen LogP contribution is -2.43. The molecule has 8 nitrogen and oxygen atoms in total. The molecule has 0 heterocycles. The molecule has 8 heteroatoms. The highest BCUT2D eigenvalue weighted by Crippen LogP contribution is 2.57. The third kappa shape index (κ3) is 4.05. The summed E-state index contributed by atoms with van der Waals surface area (Å²) in [5.74, 6) is -3.65. The van der Waals surface area contributed by atoms with Gasteiger partial charge >= 0.3 is 23.9 Å². The highest BCUT2D eigenvalue weighted by atomic mass is 16.5. The van der Waals surface area contributed by atoms with Gasteiger partial charge in [0.15, 0.2) is 0 Å². The van der Waals surface area contributed by atoms with Crippen LogP contribution in [0.4, 0.5) is 0 Å². The third-order valence-corrected chi connectivity index (χ3v) is 8.74. The van der Waals surface area contributed by atoms with Gasteiger partial charge in [-0.3, -0.25) is 19.2 Å². The fraction of sp³-hybridized carbons (Fsp3) is 0.826. The smallest absolute Gasteiger partial charge is 0.309 e. The van der Waals surface area contributed by atoms with E-state index in [1.165, 1.54) is 0 Å². The van der Waals surface area contributed by atoms with Gasteiger partial charge < -0.3 is 19.7 Å². The fourth-order valence-electron chi connectivity index (χ4n) is 5.20. The molecule has 0 radical (unpaired) electrons. The standard InChI is InChI=1S/C23H36O8/c1-20(2)14(8-10-22(20,5)18(26)27)16(24)30-12-7-13-31-17(25)15-9-11-23(6,19(28)29)21(15,3)4/h14-15H,7-13H2,1-6H3,(H,26,27)(H,28,29)/t14-,15-,22+,23+/m1/s1. The van der Waals surface area contributed by atoms with Crippen LogP contribution in [0.5, 0.6) is 0 Å². The summed E-state index contributed by atoms with van der Waals surface area (Å²) < 4.78 is 10.7. The molecule has 0 aromatic rings. The summed E-state index contributed by atoms with van der Waals surface area (Å²) in [6.07, 6.45) is 2.08. The van der Waals surface area contributed by atoms with Gasteiger partial charge in [-0.05, 0) is 50.4 Å². The minimum absolute atomic E-state index is 0.0728. The van der Waals surface area contributed by atoms with Crippen LogP contribution in [0.1, 0.15) is 73.6 Å². The largest absolute Gasteiger partial charge is 0.481 e. The van der Waals surface area contributed by atoms with E-state index in [9.17, 15) is 29.4 Å². The van der Waals surface area contributed by atoms with E-state index in [1.807, 2.05) is 0 Å². The zero-order valence-electron chi connectivity index (χ0n) is 19.4. The van der Waals surface area contributed by atoms with Crippen molar-refractivity contribution in [2.24, 2.45) is 33.5 Å². The molecule has 0 aromatic heterocycles. The van der Waals surface area contributed by atoms with Crippen LogP contribution in [0.15, 0.2) is 0 Å². The average Bonchev–Trinajstić information content (AvgIpc) is 3.05. The van der Waals surface area contributed by atoms with Gasteiger partial charge in [-0.1, -0.05) is 27.7 Å². The number of carbonyl (C=O) groups excluding carboxylic acids is 2. The first-order chi connectivity index (χ1) is 14.1. The molecule has 0 aliphatic heterocycles. The number of ether oxygens (including phenoxy) is 2. The maximum absolute atomic E-state index is 12.5. The second-order valence-corrected chi connectivity index (χ2v) is 10.6. The van der Waals surface area contributed by atoms with E-state index >= 15 is 0 Å². The van der Waals surface area contributed by atoms with Crippen molar-refractivity contribution in [1.29, 1.82) is 0 Å². The number of rotatable bonds is 8. The molecular formula is C23H36O8. The van der Waals surface area contributed by atoms with E-state index < -0.39 is 57.4 Å². The number of esters is 2. The first kappa shape index (κ1) is 25.1. The Morgan fingerprint density at radius 2 is 1.03 bits per heavy atom. The molecule has 0 saturated heterocycles. The van der Waals surface area contributed by atoms with Gasteiger partial charge in [0.05, 0.1) is 35.9 Å². The molecule has 4 atom stereocenters. The summed E-state index contributed by atoms with van der Waals surface area (Å²) in [5.41, 5.74) is -3.42. The zero-order valence-corrected chi connectivity index (χ0v) is 19.4. The summed E-state index contributed by atoms with van der Waals surface area (Å²) in [6.45, 7) is 10.6. The van der Waals surface area contributed by atoms with Crippen molar-refractivity contribution in [3.8, 4) is 0 Å². The van der Waals surface area contributed by atoms with E-state index in [2.05, 4.69) is 0 Å². The number of carboxylic acids is 2. The molecule has 0 unspecified atom stereocenters. The highest BCUT2D eigenvalue weighted by Gasteiger charge is 2.60. The Labute approximate surface area is 183 Å². The van der Waals surface area contributed by atoms with Gasteiger partial charge in [-0.2, -0.15) is 0 Å². The van der Waals surface area contributed by atoms with Gasteiger partial charge in [-0.25, -0.2) is 0 Å². The molecule has 0 spiro atoms. The van der Waals surface area contributed by atoms with Crippen LogP contribution in [-0.2, 0) is 28.7 Å². The number of carbonyl (C=O) groups is 4. The molecule has 2 N–H and O–H groups in total. The van der Waals surface area contributed by atoms with Crippen LogP contribution >= 0.6 is 0 Å². The molecule has 31 heavy (non-hydrogen) atoms. The number of hydrogen-bond acceptors (Lipinski definition) is 6. The number of hydrogen-bond donors (Lipinski definition) is 2. The Morgan fingerprint density at radius 1 is 0.710 bits per heavy atom. The van der Waals surface area contributed by atoms with Crippen LogP contribution in [0.2, 0.25) is 0 Å². The van der Waals surface area contributed by atoms with Gasteiger partial charge in [-0.15, -0.1) is 0 Å². The maximum atomic E-state index is 12.5. The van der Waals surface area contributed by atoms with Crippen LogP contribution in [0.25, 0.3) is 0 Å². The topological polar surface area (TPSA) is 127 Å². The zero-order chi connectivity index (χ0) is 23.8. The van der Waals surface area contributed by atoms with Gasteiger partial charge in [0.2, 0.25) is 0 Å². The Bertz CT molecular complexity index is 693. The van der Waals surface area contributed by atoms with Crippen molar-refractivity contribution in [1.82, 2.24) is 0 Å². The molecule has 2 saturated carbocycles. The van der Waals surface area contributed by atoms with Crippen molar-refractivity contribution < 1.29 is 38.9 Å². The van der Waals surface area contributed by atoms with E-state index in [0.717, 1.165) is 0 Å². The average molecular weight is 441 g/mol. The van der Waals surface area contributed by atoms with Crippen molar-refractivity contribution >= 4 is 23.9 Å². The lowest BCUT2D eigenvalue weighted by Gasteiger charge is -2.37. The lowest BCUT2D eigenvalue weighted by atomic mass is 9.66. The van der Waals surface area contributed by atoms with Crippen molar-refractivity contribution in [3.63, 3.8) is 0 Å². The van der Waals surface area contributed by atoms with Crippen molar-refractivity contribution in [3.05, 3.63) is 0 Å². The van der Waals surface area contributed by atoms with E-state index in [4.69, 9.17) is 9.47 Å². The quantitative estimate of drug-likeness (QED) is 0.433. The first-order valence-corrected chi connectivity index (χ1v) is 10.9. The molecule has 0 amide bonds. The normalized spacial score (nSPS) is 33.6. The van der Waals surface area contributed by atoms with Crippen LogP contribution in [0.3, 0.4) is 0 Å². The van der Waals surface area contributed by atoms with E-state index in [-0.39, 0.29) is 13.2 Å². The molecule has 2 fully saturated rings. The van der Waals surface area contributed by atoms with Gasteiger partial charge in [0.1, 0.15) is 0 Å². The number of aliphatic carboxylic acids is 2. The van der Waals surface area contributed by atoms with E-state index in [0.29, 0.717) is 32.1 Å². The molecule has 2 aliphatic carbocycles. The summed E-state index contributed by atoms with van der Waals surface area (Å²) in [6, 6.07) is 0. The number of carboxylic acid groups (broad SMARTS) is 2. The predicted octanol–water partition coefficient (Wildman–Crippen LogP) is 3.52. The predicted molar refractivity (Wildman–Crippen MR) is 111 cm³/mol. The first-order valence-electron chi connectivity index (χ1n) is 10.9. The Balaban J connectivity index is 1.80. The third-order valence-electron chi connectivity index (χ3n) is 8.74. The van der Waals surface area contributed by atoms with Crippen LogP contribution in [0, 0.1) is 33.5 Å². The van der Waals surface area contributed by atoms with Crippen molar-refractivity contribution in [2.75, 3.05) is 13.2 Å². The highest BCUT2D eigenvalue weighted by molar-refractivity contribution is 5.81. The Kier molecular flexibility index (Phi) is 6.84. The Morgan fingerprint density at radius 3 is 1.29 bits per heavy atom. The molecular weight excluding hydrogens is 404 g/mol. The van der Waals surface area contributed by atoms with Gasteiger partial charge in [0.25, 0.3) is 0 Å². The Hall–Kier alpha value is -2.12. The minimum atomic E-state index is -0.981. The molecule has 0 aromatic carbocycles. The second-order valence-electron chi connectivity index (χ2n) is 10.6. The second kappa shape index (κ2) is 8.43. The molecule has 176 valence electrons. The summed E-state index contributed by atoms with van der Waals surface area (Å²) >= 11 is 0. The molecule has 0 bridgehead atoms. The van der Waals surface area contributed by atoms with Crippen LogP contribution in [-0.4, -0.2) is 47.3 Å². The van der Waals surface area contributed by atoms with Crippen molar-refractivity contribution in [2.45, 2.75) is 73.6 Å². The minimum Gasteiger partial charge on any atom is -0.481 e. The maximum Gasteiger partial charge on any atom is 0.309 e. The van der Waals surface area contributed by atoms with Gasteiger partial charge in [0, 0.05) is 6.42 Å². The SMILES string of the molecule is CC1(C)[C@@H](C(=O)OCCCOC(=O)[C@H]2CC[C@@](C)(C(=O)O)C2(C)C)CC[C@@]1(C)C(=O)O. The van der Waals surface area contributed by atoms with E-state index in [1.54, 1.807) is 41.5 Å². The fourth-order valence-corrected chi connectivity index (χ4v) is 5.20. The molecule has 2 rings (SSSR count). The summed E-state index contributed by atoms with van der Waals surface area (Å²) in [4.78, 5) is 48.4. The van der Waals surface area contributed by atoms with Crippen LogP contribution < -0.4 is 0 Å². The lowest BCUT2D eigenvalue weighted by molar-refractivity contribution is -0.160. The monoisotopic (exact) mass is 440 g/mol. The molecule has 2 aliphatic rings.